The minimum atomic E-state index is 0. The van der Waals surface area contributed by atoms with Crippen LogP contribution in [0.5, 0.6) is 0 Å². The second kappa shape index (κ2) is 7.04. The van der Waals surface area contributed by atoms with E-state index in [4.69, 9.17) is 0 Å². The molecule has 1 aromatic heterocycles. The van der Waals surface area contributed by atoms with Crippen molar-refractivity contribution in [2.75, 3.05) is 7.05 Å². The van der Waals surface area contributed by atoms with E-state index in [1.54, 1.807) is 0 Å². The van der Waals surface area contributed by atoms with Crippen LogP contribution in [0.15, 0.2) is 42.7 Å². The van der Waals surface area contributed by atoms with Crippen LogP contribution >= 0.6 is 12.4 Å². The Bertz CT molecular complexity index is 598. The Kier molecular flexibility index (Phi) is 5.05. The summed E-state index contributed by atoms with van der Waals surface area (Å²) in [7, 11) is 2.27. The molecule has 2 aliphatic rings. The average Bonchev–Trinajstić information content (AvgIpc) is 3.18. The van der Waals surface area contributed by atoms with Gasteiger partial charge < -0.3 is 5.32 Å². The van der Waals surface area contributed by atoms with Gasteiger partial charge in [-0.15, -0.1) is 12.4 Å². The van der Waals surface area contributed by atoms with E-state index < -0.39 is 0 Å². The quantitative estimate of drug-likeness (QED) is 0.934. The van der Waals surface area contributed by atoms with Crippen molar-refractivity contribution < 1.29 is 0 Å². The highest BCUT2D eigenvalue weighted by molar-refractivity contribution is 5.85. The molecule has 5 heteroatoms. The predicted molar refractivity (Wildman–Crippen MR) is 95.2 cm³/mol. The smallest absolute Gasteiger partial charge is 0.0645 e. The van der Waals surface area contributed by atoms with Crippen LogP contribution in [0.1, 0.15) is 31.2 Å². The van der Waals surface area contributed by atoms with Crippen molar-refractivity contribution in [1.29, 1.82) is 0 Å². The molecule has 23 heavy (non-hydrogen) atoms. The lowest BCUT2D eigenvalue weighted by atomic mass is 9.98. The molecular formula is C18H25ClN4. The van der Waals surface area contributed by atoms with Crippen LogP contribution in [-0.4, -0.2) is 39.9 Å². The van der Waals surface area contributed by atoms with Gasteiger partial charge in [-0.1, -0.05) is 12.1 Å². The minimum Gasteiger partial charge on any atom is -0.311 e. The van der Waals surface area contributed by atoms with Crippen molar-refractivity contribution in [2.45, 2.75) is 50.4 Å². The molecule has 2 bridgehead atoms. The SMILES string of the molecule is CN(Cc1ccc(-n2cccn2)cc1)C1CC2CCC(C1)N2.Cl. The van der Waals surface area contributed by atoms with Crippen LogP contribution in [0.3, 0.4) is 0 Å². The molecule has 1 aromatic carbocycles. The molecule has 4 nitrogen and oxygen atoms in total. The van der Waals surface area contributed by atoms with Gasteiger partial charge in [0.2, 0.25) is 0 Å². The fraction of sp³-hybridized carbons (Fsp3) is 0.500. The molecule has 2 saturated heterocycles. The maximum absolute atomic E-state index is 4.27. The van der Waals surface area contributed by atoms with E-state index >= 15 is 0 Å². The van der Waals surface area contributed by atoms with Crippen LogP contribution in [0.2, 0.25) is 0 Å². The molecule has 4 rings (SSSR count). The van der Waals surface area contributed by atoms with Gasteiger partial charge in [-0.05, 0) is 56.5 Å². The number of halogens is 1. The predicted octanol–water partition coefficient (Wildman–Crippen LogP) is 3.01. The molecule has 0 radical (unpaired) electrons. The summed E-state index contributed by atoms with van der Waals surface area (Å²) < 4.78 is 1.90. The van der Waals surface area contributed by atoms with E-state index in [9.17, 15) is 0 Å². The van der Waals surface area contributed by atoms with Gasteiger partial charge in [0.15, 0.2) is 0 Å². The third-order valence-electron chi connectivity index (χ3n) is 5.21. The van der Waals surface area contributed by atoms with Crippen molar-refractivity contribution in [3.63, 3.8) is 0 Å². The lowest BCUT2D eigenvalue weighted by Crippen LogP contribution is -2.46. The van der Waals surface area contributed by atoms with E-state index in [0.29, 0.717) is 0 Å². The van der Waals surface area contributed by atoms with Gasteiger partial charge in [0.25, 0.3) is 0 Å². The maximum atomic E-state index is 4.27. The first kappa shape index (κ1) is 16.5. The van der Waals surface area contributed by atoms with Crippen molar-refractivity contribution in [1.82, 2.24) is 20.0 Å². The highest BCUT2D eigenvalue weighted by Crippen LogP contribution is 2.29. The summed E-state index contributed by atoms with van der Waals surface area (Å²) in [4.78, 5) is 2.54. The molecule has 0 aliphatic carbocycles. The summed E-state index contributed by atoms with van der Waals surface area (Å²) in [5.41, 5.74) is 2.50. The van der Waals surface area contributed by atoms with Gasteiger partial charge >= 0.3 is 0 Å². The zero-order valence-corrected chi connectivity index (χ0v) is 14.4. The number of fused-ring (bicyclic) bond motifs is 2. The van der Waals surface area contributed by atoms with E-state index in [0.717, 1.165) is 30.4 Å². The molecule has 2 atom stereocenters. The molecule has 2 aromatic rings. The zero-order chi connectivity index (χ0) is 14.9. The molecule has 1 N–H and O–H groups in total. The molecular weight excluding hydrogens is 308 g/mol. The fourth-order valence-corrected chi connectivity index (χ4v) is 3.98. The molecule has 0 saturated carbocycles. The first-order chi connectivity index (χ1) is 10.8. The van der Waals surface area contributed by atoms with Crippen LogP contribution in [0.25, 0.3) is 5.69 Å². The molecule has 3 heterocycles. The average molecular weight is 333 g/mol. The monoisotopic (exact) mass is 332 g/mol. The third-order valence-corrected chi connectivity index (χ3v) is 5.21. The van der Waals surface area contributed by atoms with Crippen LogP contribution < -0.4 is 5.32 Å². The van der Waals surface area contributed by atoms with Crippen molar-refractivity contribution in [3.8, 4) is 5.69 Å². The van der Waals surface area contributed by atoms with Crippen molar-refractivity contribution in [2.24, 2.45) is 0 Å². The normalized spacial score (nSPS) is 26.3. The summed E-state index contributed by atoms with van der Waals surface area (Å²) >= 11 is 0. The maximum Gasteiger partial charge on any atom is 0.0645 e. The molecule has 0 spiro atoms. The minimum absolute atomic E-state index is 0. The van der Waals surface area contributed by atoms with E-state index in [1.807, 2.05) is 23.1 Å². The van der Waals surface area contributed by atoms with Crippen LogP contribution in [-0.2, 0) is 6.54 Å². The Morgan fingerprint density at radius 1 is 1.17 bits per heavy atom. The topological polar surface area (TPSA) is 33.1 Å². The number of aromatic nitrogens is 2. The second-order valence-corrected chi connectivity index (χ2v) is 6.80. The van der Waals surface area contributed by atoms with E-state index in [2.05, 4.69) is 46.6 Å². The molecule has 2 aliphatic heterocycles. The van der Waals surface area contributed by atoms with Crippen LogP contribution in [0.4, 0.5) is 0 Å². The van der Waals surface area contributed by atoms with E-state index in [-0.39, 0.29) is 12.4 Å². The lowest BCUT2D eigenvalue weighted by molar-refractivity contribution is 0.166. The third kappa shape index (κ3) is 3.60. The summed E-state index contributed by atoms with van der Waals surface area (Å²) in [5.74, 6) is 0. The summed E-state index contributed by atoms with van der Waals surface area (Å²) in [6, 6.07) is 13.0. The standard InChI is InChI=1S/C18H24N4.ClH/c1-21(18-11-15-5-6-16(12-18)20-15)13-14-3-7-17(8-4-14)22-10-2-9-19-22;/h2-4,7-10,15-16,18,20H,5-6,11-13H2,1H3;1H. The van der Waals surface area contributed by atoms with E-state index in [1.165, 1.54) is 31.2 Å². The Morgan fingerprint density at radius 2 is 1.87 bits per heavy atom. The second-order valence-electron chi connectivity index (χ2n) is 6.80. The van der Waals surface area contributed by atoms with Crippen molar-refractivity contribution >= 4 is 12.4 Å². The van der Waals surface area contributed by atoms with Crippen molar-refractivity contribution in [3.05, 3.63) is 48.3 Å². The van der Waals surface area contributed by atoms with Gasteiger partial charge in [0.1, 0.15) is 0 Å². The number of nitrogens with one attached hydrogen (secondary N) is 1. The highest BCUT2D eigenvalue weighted by atomic mass is 35.5. The summed E-state index contributed by atoms with van der Waals surface area (Å²) in [6.45, 7) is 1.03. The summed E-state index contributed by atoms with van der Waals surface area (Å²) in [5, 5.41) is 8.00. The molecule has 124 valence electrons. The van der Waals surface area contributed by atoms with Gasteiger partial charge in [-0.2, -0.15) is 5.10 Å². The zero-order valence-electron chi connectivity index (χ0n) is 13.6. The van der Waals surface area contributed by atoms with Gasteiger partial charge in [0.05, 0.1) is 5.69 Å². The number of hydrogen-bond donors (Lipinski definition) is 1. The Morgan fingerprint density at radius 3 is 2.48 bits per heavy atom. The number of piperidine rings is 1. The Labute approximate surface area is 144 Å². The van der Waals surface area contributed by atoms with Crippen LogP contribution in [0, 0.1) is 0 Å². The summed E-state index contributed by atoms with van der Waals surface area (Å²) in [6.07, 6.45) is 9.14. The fourth-order valence-electron chi connectivity index (χ4n) is 3.98. The number of rotatable bonds is 4. The van der Waals surface area contributed by atoms with Gasteiger partial charge in [-0.3, -0.25) is 4.90 Å². The first-order valence-electron chi connectivity index (χ1n) is 8.33. The number of nitrogens with zero attached hydrogens (tertiary/aromatic N) is 3. The Balaban J connectivity index is 0.00000156. The van der Waals surface area contributed by atoms with Gasteiger partial charge in [-0.25, -0.2) is 4.68 Å². The molecule has 2 unspecified atom stereocenters. The molecule has 0 amide bonds. The first-order valence-corrected chi connectivity index (χ1v) is 8.33. The highest BCUT2D eigenvalue weighted by Gasteiger charge is 2.34. The lowest BCUT2D eigenvalue weighted by Gasteiger charge is -2.35. The Hall–Kier alpha value is -1.36. The largest absolute Gasteiger partial charge is 0.311 e. The number of benzene rings is 1. The molecule has 2 fully saturated rings. The number of hydrogen-bond acceptors (Lipinski definition) is 3. The van der Waals surface area contributed by atoms with Gasteiger partial charge in [0, 0.05) is 37.1 Å².